The summed E-state index contributed by atoms with van der Waals surface area (Å²) in [6, 6.07) is 0. The number of cyclic esters (lactones) is 2. The topological polar surface area (TPSA) is 72.8 Å². The Kier molecular flexibility index (Phi) is 2.72. The second-order valence-electron chi connectivity index (χ2n) is 5.05. The summed E-state index contributed by atoms with van der Waals surface area (Å²) in [6.07, 6.45) is -0.562. The van der Waals surface area contributed by atoms with Gasteiger partial charge in [0.1, 0.15) is 18.5 Å². The number of allylic oxidation sites excluding steroid dienone is 1. The summed E-state index contributed by atoms with van der Waals surface area (Å²) < 4.78 is 10.3. The predicted molar refractivity (Wildman–Crippen MR) is 62.6 cm³/mol. The van der Waals surface area contributed by atoms with Gasteiger partial charge in [-0.2, -0.15) is 0 Å². The number of carbonyl (C=O) groups excluding carboxylic acids is 2. The molecule has 0 saturated carbocycles. The number of carbonyl (C=O) groups is 2. The Balaban J connectivity index is 2.49. The van der Waals surface area contributed by atoms with Gasteiger partial charge in [0.05, 0.1) is 11.0 Å². The summed E-state index contributed by atoms with van der Waals surface area (Å²) in [6.45, 7) is 6.77. The maximum atomic E-state index is 11.7. The molecule has 5 nitrogen and oxygen atoms in total. The van der Waals surface area contributed by atoms with Crippen LogP contribution < -0.4 is 0 Å². The molecule has 0 spiro atoms. The number of rotatable bonds is 1. The molecule has 0 amide bonds. The normalized spacial score (nSPS) is 34.8. The van der Waals surface area contributed by atoms with Gasteiger partial charge in [0, 0.05) is 5.57 Å². The van der Waals surface area contributed by atoms with Gasteiger partial charge in [0.25, 0.3) is 0 Å². The van der Waals surface area contributed by atoms with Crippen molar-refractivity contribution in [2.45, 2.75) is 33.8 Å². The van der Waals surface area contributed by atoms with E-state index in [4.69, 9.17) is 9.47 Å². The third kappa shape index (κ3) is 1.54. The maximum Gasteiger partial charge on any atom is 0.338 e. The highest BCUT2D eigenvalue weighted by Crippen LogP contribution is 2.45. The second-order valence-corrected chi connectivity index (χ2v) is 5.05. The Morgan fingerprint density at radius 2 is 1.94 bits per heavy atom. The minimum absolute atomic E-state index is 0.0894. The molecule has 0 aliphatic carbocycles. The van der Waals surface area contributed by atoms with Crippen LogP contribution in [0.5, 0.6) is 0 Å². The number of aliphatic hydroxyl groups is 1. The van der Waals surface area contributed by atoms with Crippen LogP contribution in [0.25, 0.3) is 0 Å². The highest BCUT2D eigenvalue weighted by Gasteiger charge is 2.53. The third-order valence-electron chi connectivity index (χ3n) is 3.73. The number of hydrogen-bond donors (Lipinski definition) is 1. The molecule has 5 heteroatoms. The second kappa shape index (κ2) is 3.86. The number of aliphatic hydroxyl groups excluding tert-OH is 1. The summed E-state index contributed by atoms with van der Waals surface area (Å²) in [5.74, 6) is -1.02. The lowest BCUT2D eigenvalue weighted by atomic mass is 9.76. The molecule has 2 aliphatic rings. The molecule has 1 unspecified atom stereocenters. The number of ether oxygens (including phenoxy) is 2. The van der Waals surface area contributed by atoms with Crippen LogP contribution in [0.1, 0.15) is 27.7 Å². The fourth-order valence-electron chi connectivity index (χ4n) is 2.61. The Morgan fingerprint density at radius 1 is 1.33 bits per heavy atom. The lowest BCUT2D eigenvalue weighted by molar-refractivity contribution is -0.143. The van der Waals surface area contributed by atoms with Gasteiger partial charge in [-0.25, -0.2) is 9.59 Å². The van der Waals surface area contributed by atoms with Gasteiger partial charge < -0.3 is 14.6 Å². The first-order valence-electron chi connectivity index (χ1n) is 5.75. The van der Waals surface area contributed by atoms with E-state index in [2.05, 4.69) is 0 Å². The van der Waals surface area contributed by atoms with Crippen LogP contribution in [0.2, 0.25) is 0 Å². The van der Waals surface area contributed by atoms with Crippen LogP contribution in [-0.2, 0) is 19.1 Å². The minimum Gasteiger partial charge on any atom is -0.512 e. The van der Waals surface area contributed by atoms with Crippen LogP contribution in [0.15, 0.2) is 22.5 Å². The van der Waals surface area contributed by atoms with Crippen molar-refractivity contribution in [2.24, 2.45) is 5.41 Å². The predicted octanol–water partition coefficient (Wildman–Crippen LogP) is 1.64. The molecule has 0 aromatic carbocycles. The molecule has 2 heterocycles. The van der Waals surface area contributed by atoms with E-state index in [0.717, 1.165) is 5.57 Å². The fraction of sp³-hybridized carbons (Fsp3) is 0.538. The minimum atomic E-state index is -0.826. The van der Waals surface area contributed by atoms with Gasteiger partial charge in [-0.1, -0.05) is 0 Å². The van der Waals surface area contributed by atoms with E-state index in [1.807, 2.05) is 0 Å². The Hall–Kier alpha value is -1.78. The highest BCUT2D eigenvalue weighted by molar-refractivity contribution is 5.95. The monoisotopic (exact) mass is 252 g/mol. The first kappa shape index (κ1) is 12.7. The Morgan fingerprint density at radius 3 is 2.39 bits per heavy atom. The van der Waals surface area contributed by atoms with E-state index in [9.17, 15) is 14.7 Å². The molecule has 98 valence electrons. The van der Waals surface area contributed by atoms with Crippen LogP contribution in [0, 0.1) is 5.41 Å². The van der Waals surface area contributed by atoms with Gasteiger partial charge in [-0.15, -0.1) is 0 Å². The van der Waals surface area contributed by atoms with Gasteiger partial charge in [-0.3, -0.25) is 0 Å². The first-order chi connectivity index (χ1) is 8.29. The SMILES string of the molecule is CC1=C(C)C([C@]2(C)COC(=O)/C2=C(/C)O)OC1=O. The van der Waals surface area contributed by atoms with Crippen molar-refractivity contribution >= 4 is 11.9 Å². The van der Waals surface area contributed by atoms with Crippen molar-refractivity contribution < 1.29 is 24.2 Å². The van der Waals surface area contributed by atoms with E-state index in [1.54, 1.807) is 20.8 Å². The number of esters is 2. The Bertz CT molecular complexity index is 496. The number of hydrogen-bond acceptors (Lipinski definition) is 5. The van der Waals surface area contributed by atoms with Crippen LogP contribution >= 0.6 is 0 Å². The van der Waals surface area contributed by atoms with Gasteiger partial charge in [0.15, 0.2) is 0 Å². The van der Waals surface area contributed by atoms with Crippen molar-refractivity contribution in [1.29, 1.82) is 0 Å². The molecule has 0 aromatic heterocycles. The summed E-state index contributed by atoms with van der Waals surface area (Å²) in [7, 11) is 0. The summed E-state index contributed by atoms with van der Waals surface area (Å²) >= 11 is 0. The van der Waals surface area contributed by atoms with E-state index in [0.29, 0.717) is 5.57 Å². The molecule has 0 aromatic rings. The molecule has 0 bridgehead atoms. The lowest BCUT2D eigenvalue weighted by Gasteiger charge is -2.29. The van der Waals surface area contributed by atoms with Crippen molar-refractivity contribution in [3.8, 4) is 0 Å². The molecular formula is C13H16O5. The van der Waals surface area contributed by atoms with E-state index in [-0.39, 0.29) is 23.9 Å². The van der Waals surface area contributed by atoms with Crippen molar-refractivity contribution in [1.82, 2.24) is 0 Å². The van der Waals surface area contributed by atoms with Gasteiger partial charge in [-0.05, 0) is 33.3 Å². The molecule has 2 rings (SSSR count). The van der Waals surface area contributed by atoms with Gasteiger partial charge in [0.2, 0.25) is 0 Å². The molecule has 2 aliphatic heterocycles. The average Bonchev–Trinajstić information content (AvgIpc) is 2.72. The maximum absolute atomic E-state index is 11.7. The largest absolute Gasteiger partial charge is 0.512 e. The van der Waals surface area contributed by atoms with Gasteiger partial charge >= 0.3 is 11.9 Å². The van der Waals surface area contributed by atoms with Crippen LogP contribution in [0.3, 0.4) is 0 Å². The Labute approximate surface area is 105 Å². The van der Waals surface area contributed by atoms with Crippen molar-refractivity contribution in [3.05, 3.63) is 22.5 Å². The molecule has 2 atom stereocenters. The molecule has 1 N–H and O–H groups in total. The third-order valence-corrected chi connectivity index (χ3v) is 3.73. The zero-order valence-corrected chi connectivity index (χ0v) is 10.9. The van der Waals surface area contributed by atoms with Crippen molar-refractivity contribution in [3.63, 3.8) is 0 Å². The molecule has 1 fully saturated rings. The lowest BCUT2D eigenvalue weighted by Crippen LogP contribution is -2.36. The highest BCUT2D eigenvalue weighted by atomic mass is 16.6. The average molecular weight is 252 g/mol. The molecule has 0 radical (unpaired) electrons. The van der Waals surface area contributed by atoms with E-state index < -0.39 is 17.5 Å². The van der Waals surface area contributed by atoms with E-state index in [1.165, 1.54) is 6.92 Å². The first-order valence-corrected chi connectivity index (χ1v) is 5.75. The van der Waals surface area contributed by atoms with Crippen molar-refractivity contribution in [2.75, 3.05) is 6.61 Å². The quantitative estimate of drug-likeness (QED) is 0.436. The van der Waals surface area contributed by atoms with Crippen LogP contribution in [0.4, 0.5) is 0 Å². The standard InChI is InChI=1S/C13H16O5/c1-6-7(2)11(15)18-10(6)13(4)5-17-12(16)9(13)8(3)14/h10,14H,5H2,1-4H3/b9-8+/t10?,13-/m1/s1. The molecular weight excluding hydrogens is 236 g/mol. The zero-order valence-electron chi connectivity index (χ0n) is 10.9. The zero-order chi connectivity index (χ0) is 13.7. The summed E-state index contributed by atoms with van der Waals surface area (Å²) in [4.78, 5) is 23.2. The molecule has 18 heavy (non-hydrogen) atoms. The molecule has 1 saturated heterocycles. The summed E-state index contributed by atoms with van der Waals surface area (Å²) in [5.41, 5.74) is 0.692. The smallest absolute Gasteiger partial charge is 0.338 e. The summed E-state index contributed by atoms with van der Waals surface area (Å²) in [5, 5.41) is 9.66. The van der Waals surface area contributed by atoms with E-state index >= 15 is 0 Å². The van der Waals surface area contributed by atoms with Crippen LogP contribution in [-0.4, -0.2) is 29.8 Å². The fourth-order valence-corrected chi connectivity index (χ4v) is 2.61.